The Morgan fingerprint density at radius 1 is 1.35 bits per heavy atom. The molecule has 0 aliphatic carbocycles. The zero-order valence-electron chi connectivity index (χ0n) is 13.3. The lowest BCUT2D eigenvalue weighted by molar-refractivity contribution is 0.0794. The third-order valence-electron chi connectivity index (χ3n) is 4.54. The number of hydrogen-bond acceptors (Lipinski definition) is 4. The minimum atomic E-state index is -0.624. The molecule has 3 rings (SSSR count). The van der Waals surface area contributed by atoms with Crippen LogP contribution in [0.1, 0.15) is 19.8 Å². The molecule has 1 fully saturated rings. The zero-order chi connectivity index (χ0) is 16.4. The highest BCUT2D eigenvalue weighted by atomic mass is 19.1. The summed E-state index contributed by atoms with van der Waals surface area (Å²) in [7, 11) is 0. The fraction of sp³-hybridized carbons (Fsp3) is 0.529. The van der Waals surface area contributed by atoms with Crippen molar-refractivity contribution in [3.05, 3.63) is 40.7 Å². The molecule has 0 radical (unpaired) electrons. The van der Waals surface area contributed by atoms with Crippen LogP contribution in [0.3, 0.4) is 0 Å². The van der Waals surface area contributed by atoms with E-state index in [-0.39, 0.29) is 12.1 Å². The summed E-state index contributed by atoms with van der Waals surface area (Å²) in [5.41, 5.74) is 0.0899. The molecule has 1 N–H and O–H groups in total. The van der Waals surface area contributed by atoms with E-state index < -0.39 is 11.9 Å². The molecule has 0 saturated carbocycles. The van der Waals surface area contributed by atoms with Crippen molar-refractivity contribution in [3.8, 4) is 0 Å². The highest BCUT2D eigenvalue weighted by molar-refractivity contribution is 5.77. The predicted molar refractivity (Wildman–Crippen MR) is 86.8 cm³/mol. The molecule has 2 aromatic rings. The summed E-state index contributed by atoms with van der Waals surface area (Å²) >= 11 is 0. The molecule has 6 heteroatoms. The number of aliphatic hydroxyl groups excluding tert-OH is 1. The van der Waals surface area contributed by atoms with Gasteiger partial charge in [0.2, 0.25) is 0 Å². The molecule has 0 amide bonds. The number of aromatic nitrogens is 2. The summed E-state index contributed by atoms with van der Waals surface area (Å²) < 4.78 is 14.6. The molecule has 1 aromatic carbocycles. The minimum Gasteiger partial charge on any atom is -0.390 e. The van der Waals surface area contributed by atoms with Crippen molar-refractivity contribution in [1.82, 2.24) is 14.5 Å². The molecular weight excluding hydrogens is 297 g/mol. The van der Waals surface area contributed by atoms with E-state index >= 15 is 0 Å². The second-order valence-corrected chi connectivity index (χ2v) is 6.50. The van der Waals surface area contributed by atoms with Crippen LogP contribution in [-0.4, -0.2) is 45.3 Å². The van der Waals surface area contributed by atoms with Gasteiger partial charge in [0.1, 0.15) is 5.82 Å². The van der Waals surface area contributed by atoms with Crippen LogP contribution in [0.5, 0.6) is 0 Å². The van der Waals surface area contributed by atoms with Crippen molar-refractivity contribution in [2.45, 2.75) is 32.4 Å². The molecule has 0 bridgehead atoms. The van der Waals surface area contributed by atoms with E-state index in [9.17, 15) is 14.3 Å². The maximum Gasteiger partial charge on any atom is 0.261 e. The number of rotatable bonds is 4. The molecule has 2 heterocycles. The predicted octanol–water partition coefficient (Wildman–Crippen LogP) is 1.63. The van der Waals surface area contributed by atoms with Crippen LogP contribution in [0.25, 0.3) is 10.9 Å². The molecule has 1 unspecified atom stereocenters. The van der Waals surface area contributed by atoms with Gasteiger partial charge in [-0.05, 0) is 44.0 Å². The van der Waals surface area contributed by atoms with Crippen molar-refractivity contribution in [1.29, 1.82) is 0 Å². The van der Waals surface area contributed by atoms with Gasteiger partial charge < -0.3 is 10.0 Å². The average Bonchev–Trinajstić information content (AvgIpc) is 2.52. The fourth-order valence-electron chi connectivity index (χ4n) is 3.09. The monoisotopic (exact) mass is 319 g/mol. The van der Waals surface area contributed by atoms with E-state index in [0.29, 0.717) is 17.4 Å². The number of likely N-dealkylation sites (tertiary alicyclic amines) is 1. The van der Waals surface area contributed by atoms with Crippen LogP contribution < -0.4 is 5.56 Å². The van der Waals surface area contributed by atoms with Crippen molar-refractivity contribution in [2.24, 2.45) is 5.92 Å². The van der Waals surface area contributed by atoms with E-state index in [4.69, 9.17) is 0 Å². The number of fused-ring (bicyclic) bond motifs is 1. The van der Waals surface area contributed by atoms with E-state index in [1.54, 1.807) is 0 Å². The molecule has 1 saturated heterocycles. The molecule has 1 aliphatic heterocycles. The van der Waals surface area contributed by atoms with Crippen LogP contribution >= 0.6 is 0 Å². The molecule has 124 valence electrons. The highest BCUT2D eigenvalue weighted by Crippen LogP contribution is 2.16. The van der Waals surface area contributed by atoms with Gasteiger partial charge in [-0.2, -0.15) is 0 Å². The molecule has 1 atom stereocenters. The lowest BCUT2D eigenvalue weighted by Gasteiger charge is -2.31. The first kappa shape index (κ1) is 16.1. The van der Waals surface area contributed by atoms with Gasteiger partial charge in [0.15, 0.2) is 0 Å². The van der Waals surface area contributed by atoms with Gasteiger partial charge in [-0.3, -0.25) is 9.36 Å². The van der Waals surface area contributed by atoms with E-state index in [1.807, 2.05) is 0 Å². The number of halogens is 1. The number of aliphatic hydroxyl groups is 1. The topological polar surface area (TPSA) is 58.4 Å². The molecular formula is C17H22FN3O2. The Morgan fingerprint density at radius 3 is 2.83 bits per heavy atom. The van der Waals surface area contributed by atoms with Crippen molar-refractivity contribution < 1.29 is 9.50 Å². The van der Waals surface area contributed by atoms with Gasteiger partial charge in [0.25, 0.3) is 5.56 Å². The fourth-order valence-corrected chi connectivity index (χ4v) is 3.09. The van der Waals surface area contributed by atoms with Crippen LogP contribution in [0.2, 0.25) is 0 Å². The molecule has 23 heavy (non-hydrogen) atoms. The first-order valence-corrected chi connectivity index (χ1v) is 8.08. The van der Waals surface area contributed by atoms with Crippen LogP contribution in [0.4, 0.5) is 4.39 Å². The number of hydrogen-bond donors (Lipinski definition) is 1. The summed E-state index contributed by atoms with van der Waals surface area (Å²) in [6.45, 7) is 4.98. The lowest BCUT2D eigenvalue weighted by atomic mass is 9.99. The van der Waals surface area contributed by atoms with Crippen molar-refractivity contribution >= 4 is 10.9 Å². The Morgan fingerprint density at radius 2 is 2.09 bits per heavy atom. The zero-order valence-corrected chi connectivity index (χ0v) is 13.3. The average molecular weight is 319 g/mol. The normalized spacial score (nSPS) is 18.4. The minimum absolute atomic E-state index is 0.200. The number of piperidine rings is 1. The molecule has 5 nitrogen and oxygen atoms in total. The third kappa shape index (κ3) is 3.76. The van der Waals surface area contributed by atoms with Crippen molar-refractivity contribution in [3.63, 3.8) is 0 Å². The quantitative estimate of drug-likeness (QED) is 0.930. The summed E-state index contributed by atoms with van der Waals surface area (Å²) in [5, 5.41) is 10.6. The Hall–Kier alpha value is -1.79. The third-order valence-corrected chi connectivity index (χ3v) is 4.54. The van der Waals surface area contributed by atoms with Crippen LogP contribution in [0, 0.1) is 11.7 Å². The summed E-state index contributed by atoms with van der Waals surface area (Å²) in [6.07, 6.45) is 3.05. The van der Waals surface area contributed by atoms with Gasteiger partial charge >= 0.3 is 0 Å². The molecule has 0 spiro atoms. The van der Waals surface area contributed by atoms with Gasteiger partial charge in [-0.25, -0.2) is 9.37 Å². The van der Waals surface area contributed by atoms with Crippen LogP contribution in [-0.2, 0) is 6.54 Å². The van der Waals surface area contributed by atoms with Crippen molar-refractivity contribution in [2.75, 3.05) is 19.6 Å². The largest absolute Gasteiger partial charge is 0.390 e. The first-order chi connectivity index (χ1) is 11.0. The Kier molecular flexibility index (Phi) is 4.73. The van der Waals surface area contributed by atoms with E-state index in [0.717, 1.165) is 31.8 Å². The smallest absolute Gasteiger partial charge is 0.261 e. The van der Waals surface area contributed by atoms with Gasteiger partial charge in [0, 0.05) is 12.6 Å². The lowest BCUT2D eigenvalue weighted by Crippen LogP contribution is -2.40. The molecule has 1 aliphatic rings. The maximum atomic E-state index is 13.2. The first-order valence-electron chi connectivity index (χ1n) is 8.08. The SMILES string of the molecule is CC1CCN(CC(O)Cn2cnc3cc(F)ccc3c2=O)CC1. The maximum absolute atomic E-state index is 13.2. The summed E-state index contributed by atoms with van der Waals surface area (Å²) in [4.78, 5) is 18.7. The van der Waals surface area contributed by atoms with Gasteiger partial charge in [0.05, 0.1) is 29.9 Å². The Balaban J connectivity index is 1.70. The van der Waals surface area contributed by atoms with E-state index in [1.165, 1.54) is 29.1 Å². The second kappa shape index (κ2) is 6.76. The Labute approximate surface area is 134 Å². The number of β-amino-alcohol motifs (C(OH)–C–C–N with tert-alkyl or cyclic N) is 1. The standard InChI is InChI=1S/C17H22FN3O2/c1-12-4-6-20(7-5-12)9-14(22)10-21-11-19-16-8-13(18)2-3-15(16)17(21)23/h2-3,8,11-12,14,22H,4-7,9-10H2,1H3. The summed E-state index contributed by atoms with van der Waals surface area (Å²) in [5.74, 6) is 0.331. The van der Waals surface area contributed by atoms with Crippen LogP contribution in [0.15, 0.2) is 29.3 Å². The second-order valence-electron chi connectivity index (χ2n) is 6.50. The number of nitrogens with zero attached hydrogens (tertiary/aromatic N) is 3. The number of benzene rings is 1. The Bertz CT molecular complexity index is 738. The highest BCUT2D eigenvalue weighted by Gasteiger charge is 2.19. The van der Waals surface area contributed by atoms with E-state index in [2.05, 4.69) is 16.8 Å². The van der Waals surface area contributed by atoms with Gasteiger partial charge in [-0.1, -0.05) is 6.92 Å². The molecule has 1 aromatic heterocycles. The summed E-state index contributed by atoms with van der Waals surface area (Å²) in [6, 6.07) is 3.93. The van der Waals surface area contributed by atoms with Gasteiger partial charge in [-0.15, -0.1) is 0 Å².